The van der Waals surface area contributed by atoms with Gasteiger partial charge in [0.15, 0.2) is 18.1 Å². The van der Waals surface area contributed by atoms with Gasteiger partial charge < -0.3 is 25.3 Å². The molecule has 2 rings (SSSR count). The fourth-order valence-electron chi connectivity index (χ4n) is 2.87. The summed E-state index contributed by atoms with van der Waals surface area (Å²) < 4.78 is 15.9. The van der Waals surface area contributed by atoms with E-state index >= 15 is 0 Å². The van der Waals surface area contributed by atoms with Gasteiger partial charge in [-0.05, 0) is 37.6 Å². The maximum Gasteiger partial charge on any atom is 0.255 e. The number of ether oxygens (including phenoxy) is 3. The molecular weight excluding hydrogens is 362 g/mol. The van der Waals surface area contributed by atoms with E-state index in [4.69, 9.17) is 19.9 Å². The lowest BCUT2D eigenvalue weighted by atomic mass is 10.0. The Hall–Kier alpha value is -2.58. The zero-order valence-corrected chi connectivity index (χ0v) is 16.7. The first-order valence-corrected chi connectivity index (χ1v) is 9.19. The van der Waals surface area contributed by atoms with Crippen LogP contribution in [0.5, 0.6) is 11.5 Å². The molecule has 1 aliphatic rings. The van der Waals surface area contributed by atoms with Gasteiger partial charge in [0.1, 0.15) is 0 Å². The molecule has 0 unspecified atom stereocenters. The molecule has 1 aliphatic heterocycles. The number of hydrogen-bond donors (Lipinski definition) is 2. The van der Waals surface area contributed by atoms with Gasteiger partial charge in [0.05, 0.1) is 20.3 Å². The molecule has 0 bridgehead atoms. The smallest absolute Gasteiger partial charge is 0.255 e. The fourth-order valence-corrected chi connectivity index (χ4v) is 2.87. The van der Waals surface area contributed by atoms with Gasteiger partial charge in [0, 0.05) is 31.2 Å². The predicted octanol–water partition coefficient (Wildman–Crippen LogP) is 0.800. The molecule has 1 aromatic rings. The van der Waals surface area contributed by atoms with Gasteiger partial charge in [-0.1, -0.05) is 6.07 Å². The standard InChI is InChI=1S/C20H29N3O5/c1-20(2,23-8-10-27-11-9-23)14-22-19(25)7-5-15-4-6-16(17(12-15)26-3)28-13-18(21)24/h4-7,12H,8-11,13-14H2,1-3H3,(H2,21,24)(H,22,25)/b7-5+. The van der Waals surface area contributed by atoms with E-state index in [1.165, 1.54) is 13.2 Å². The lowest BCUT2D eigenvalue weighted by molar-refractivity contribution is -0.120. The number of hydrogen-bond acceptors (Lipinski definition) is 6. The van der Waals surface area contributed by atoms with E-state index in [0.717, 1.165) is 31.9 Å². The minimum atomic E-state index is -0.567. The third kappa shape index (κ3) is 6.54. The second-order valence-corrected chi connectivity index (χ2v) is 7.13. The summed E-state index contributed by atoms with van der Waals surface area (Å²) in [5.41, 5.74) is 5.71. The maximum absolute atomic E-state index is 12.2. The van der Waals surface area contributed by atoms with Crippen molar-refractivity contribution in [2.45, 2.75) is 19.4 Å². The van der Waals surface area contributed by atoms with Crippen molar-refractivity contribution >= 4 is 17.9 Å². The van der Waals surface area contributed by atoms with Crippen molar-refractivity contribution < 1.29 is 23.8 Å². The number of carbonyl (C=O) groups excluding carboxylic acids is 2. The molecule has 1 fully saturated rings. The number of methoxy groups -OCH3 is 1. The van der Waals surface area contributed by atoms with Gasteiger partial charge in [0.25, 0.3) is 5.91 Å². The molecule has 2 amide bonds. The average Bonchev–Trinajstić information content (AvgIpc) is 2.70. The lowest BCUT2D eigenvalue weighted by Gasteiger charge is -2.40. The normalized spacial score (nSPS) is 15.4. The number of rotatable bonds is 9. The number of benzene rings is 1. The molecule has 0 aliphatic carbocycles. The molecule has 1 saturated heterocycles. The highest BCUT2D eigenvalue weighted by Crippen LogP contribution is 2.28. The Morgan fingerprint density at radius 2 is 2.00 bits per heavy atom. The molecule has 28 heavy (non-hydrogen) atoms. The molecule has 1 aromatic carbocycles. The van der Waals surface area contributed by atoms with Crippen LogP contribution in [0.2, 0.25) is 0 Å². The second-order valence-electron chi connectivity index (χ2n) is 7.13. The summed E-state index contributed by atoms with van der Waals surface area (Å²) in [4.78, 5) is 25.4. The van der Waals surface area contributed by atoms with Crippen LogP contribution in [-0.2, 0) is 14.3 Å². The minimum Gasteiger partial charge on any atom is -0.493 e. The van der Waals surface area contributed by atoms with Gasteiger partial charge >= 0.3 is 0 Å². The van der Waals surface area contributed by atoms with Crippen molar-refractivity contribution in [2.24, 2.45) is 5.73 Å². The molecule has 0 saturated carbocycles. The van der Waals surface area contributed by atoms with Gasteiger partial charge in [-0.25, -0.2) is 0 Å². The lowest BCUT2D eigenvalue weighted by Crippen LogP contribution is -2.55. The molecule has 8 heteroatoms. The zero-order chi connectivity index (χ0) is 20.6. The van der Waals surface area contributed by atoms with Crippen molar-refractivity contribution in [2.75, 3.05) is 46.6 Å². The Kier molecular flexibility index (Phi) is 7.83. The number of nitrogens with two attached hydrogens (primary N) is 1. The Morgan fingerprint density at radius 3 is 2.64 bits per heavy atom. The van der Waals surface area contributed by atoms with Crippen LogP contribution in [0.25, 0.3) is 6.08 Å². The first-order chi connectivity index (χ1) is 13.3. The molecule has 8 nitrogen and oxygen atoms in total. The molecule has 3 N–H and O–H groups in total. The van der Waals surface area contributed by atoms with Crippen LogP contribution in [0.3, 0.4) is 0 Å². The van der Waals surface area contributed by atoms with Crippen molar-refractivity contribution in [1.29, 1.82) is 0 Å². The van der Waals surface area contributed by atoms with E-state index in [-0.39, 0.29) is 18.1 Å². The van der Waals surface area contributed by atoms with Crippen molar-refractivity contribution in [3.8, 4) is 11.5 Å². The molecule has 0 spiro atoms. The summed E-state index contributed by atoms with van der Waals surface area (Å²) in [6, 6.07) is 5.15. The van der Waals surface area contributed by atoms with Gasteiger partial charge in [-0.2, -0.15) is 0 Å². The zero-order valence-electron chi connectivity index (χ0n) is 16.7. The van der Waals surface area contributed by atoms with E-state index in [9.17, 15) is 9.59 Å². The largest absolute Gasteiger partial charge is 0.493 e. The minimum absolute atomic E-state index is 0.143. The van der Waals surface area contributed by atoms with Crippen LogP contribution in [-0.4, -0.2) is 68.8 Å². The highest BCUT2D eigenvalue weighted by atomic mass is 16.5. The van der Waals surface area contributed by atoms with Crippen molar-refractivity contribution in [1.82, 2.24) is 10.2 Å². The topological polar surface area (TPSA) is 103 Å². The summed E-state index contributed by atoms with van der Waals surface area (Å²) in [7, 11) is 1.50. The first kappa shape index (κ1) is 21.7. The van der Waals surface area contributed by atoms with Crippen LogP contribution in [0.1, 0.15) is 19.4 Å². The van der Waals surface area contributed by atoms with Crippen LogP contribution in [0.15, 0.2) is 24.3 Å². The Balaban J connectivity index is 1.91. The molecule has 154 valence electrons. The van der Waals surface area contributed by atoms with Crippen LogP contribution in [0.4, 0.5) is 0 Å². The Labute approximate surface area is 165 Å². The van der Waals surface area contributed by atoms with Gasteiger partial charge in [-0.3, -0.25) is 14.5 Å². The molecule has 0 atom stereocenters. The third-order valence-corrected chi connectivity index (χ3v) is 4.55. The third-order valence-electron chi connectivity index (χ3n) is 4.55. The Bertz CT molecular complexity index is 712. The van der Waals surface area contributed by atoms with Gasteiger partial charge in [-0.15, -0.1) is 0 Å². The quantitative estimate of drug-likeness (QED) is 0.604. The molecule has 0 radical (unpaired) electrons. The van der Waals surface area contributed by atoms with Crippen molar-refractivity contribution in [3.05, 3.63) is 29.8 Å². The SMILES string of the molecule is COc1cc(/C=C/C(=O)NCC(C)(C)N2CCOCC2)ccc1OCC(N)=O. The Morgan fingerprint density at radius 1 is 1.29 bits per heavy atom. The van der Waals surface area contributed by atoms with E-state index < -0.39 is 5.91 Å². The monoisotopic (exact) mass is 391 g/mol. The van der Waals surface area contributed by atoms with Crippen LogP contribution < -0.4 is 20.5 Å². The van der Waals surface area contributed by atoms with Crippen LogP contribution in [0, 0.1) is 0 Å². The summed E-state index contributed by atoms with van der Waals surface area (Å²) >= 11 is 0. The molecular formula is C20H29N3O5. The summed E-state index contributed by atoms with van der Waals surface area (Å²) in [6.45, 7) is 7.70. The highest BCUT2D eigenvalue weighted by Gasteiger charge is 2.28. The van der Waals surface area contributed by atoms with E-state index in [2.05, 4.69) is 24.1 Å². The van der Waals surface area contributed by atoms with Gasteiger partial charge in [0.2, 0.25) is 5.91 Å². The number of carbonyl (C=O) groups is 2. The number of amides is 2. The predicted molar refractivity (Wildman–Crippen MR) is 106 cm³/mol. The summed E-state index contributed by atoms with van der Waals surface area (Å²) in [5.74, 6) is 0.129. The molecule has 1 heterocycles. The first-order valence-electron chi connectivity index (χ1n) is 9.19. The fraction of sp³-hybridized carbons (Fsp3) is 0.500. The van der Waals surface area contributed by atoms with Crippen molar-refractivity contribution in [3.63, 3.8) is 0 Å². The van der Waals surface area contributed by atoms with E-state index in [1.807, 2.05) is 0 Å². The maximum atomic E-state index is 12.2. The van der Waals surface area contributed by atoms with E-state index in [1.54, 1.807) is 24.3 Å². The summed E-state index contributed by atoms with van der Waals surface area (Å²) in [6.07, 6.45) is 3.17. The second kappa shape index (κ2) is 10.1. The number of morpholine rings is 1. The average molecular weight is 391 g/mol. The van der Waals surface area contributed by atoms with Crippen LogP contribution >= 0.6 is 0 Å². The van der Waals surface area contributed by atoms with E-state index in [0.29, 0.717) is 18.0 Å². The summed E-state index contributed by atoms with van der Waals surface area (Å²) in [5, 5.41) is 2.95. The molecule has 0 aromatic heterocycles. The number of nitrogens with zero attached hydrogens (tertiary/aromatic N) is 1. The number of nitrogens with one attached hydrogen (secondary N) is 1. The number of primary amides is 1. The highest BCUT2D eigenvalue weighted by molar-refractivity contribution is 5.91.